The molecule has 5 rings (SSSR count). The topological polar surface area (TPSA) is 66.8 Å². The van der Waals surface area contributed by atoms with E-state index in [1.807, 2.05) is 27.9 Å². The summed E-state index contributed by atoms with van der Waals surface area (Å²) in [6, 6.07) is 12.4. The number of carbonyl (C=O) groups is 1. The number of benzene rings is 1. The lowest BCUT2D eigenvalue weighted by molar-refractivity contribution is -0.127. The van der Waals surface area contributed by atoms with Gasteiger partial charge in [-0.25, -0.2) is 0 Å². The highest BCUT2D eigenvalue weighted by Gasteiger charge is 2.27. The molecule has 1 aromatic carbocycles. The first-order chi connectivity index (χ1) is 13.7. The minimum Gasteiger partial charge on any atom is -0.361 e. The van der Waals surface area contributed by atoms with Crippen LogP contribution in [0.25, 0.3) is 33.3 Å². The summed E-state index contributed by atoms with van der Waals surface area (Å²) in [5, 5.41) is 6.09. The van der Waals surface area contributed by atoms with E-state index in [0.717, 1.165) is 33.6 Å². The number of hydrogen-bond donors (Lipinski definition) is 1. The van der Waals surface area contributed by atoms with Crippen molar-refractivity contribution in [3.8, 4) is 22.4 Å². The molecule has 1 N–H and O–H groups in total. The molecule has 4 heterocycles. The quantitative estimate of drug-likeness (QED) is 0.561. The Morgan fingerprint density at radius 1 is 1.11 bits per heavy atom. The average Bonchev–Trinajstić information content (AvgIpc) is 3.37. The molecule has 0 unspecified atom stereocenters. The summed E-state index contributed by atoms with van der Waals surface area (Å²) in [4.78, 5) is 21.4. The number of amides is 1. The van der Waals surface area contributed by atoms with Gasteiger partial charge in [0, 0.05) is 41.8 Å². The molecule has 6 nitrogen and oxygen atoms in total. The molecule has 3 aromatic heterocycles. The third-order valence-corrected chi connectivity index (χ3v) is 5.26. The predicted molar refractivity (Wildman–Crippen MR) is 108 cm³/mol. The van der Waals surface area contributed by atoms with E-state index < -0.39 is 0 Å². The van der Waals surface area contributed by atoms with Gasteiger partial charge in [0.25, 0.3) is 0 Å². The van der Waals surface area contributed by atoms with E-state index in [-0.39, 0.29) is 5.91 Å². The summed E-state index contributed by atoms with van der Waals surface area (Å²) in [7, 11) is 0. The number of aromatic nitrogens is 4. The van der Waals surface area contributed by atoms with Crippen molar-refractivity contribution in [3.63, 3.8) is 0 Å². The number of hydrogen-bond acceptors (Lipinski definition) is 3. The molecule has 4 aromatic rings. The lowest BCUT2D eigenvalue weighted by Gasteiger charge is -2.27. The Morgan fingerprint density at radius 3 is 2.79 bits per heavy atom. The molecule has 0 radical (unpaired) electrons. The summed E-state index contributed by atoms with van der Waals surface area (Å²) in [6.45, 7) is 5.43. The van der Waals surface area contributed by atoms with E-state index >= 15 is 0 Å². The lowest BCUT2D eigenvalue weighted by Crippen LogP contribution is -2.37. The SMILES string of the molecule is C=CC(=O)N1CCn2nc(-c3ccc4cc[nH]c4c3)c(-c3ccncc3)c2C1. The van der Waals surface area contributed by atoms with Crippen molar-refractivity contribution in [2.24, 2.45) is 0 Å². The Hall–Kier alpha value is -3.67. The number of aromatic amines is 1. The summed E-state index contributed by atoms with van der Waals surface area (Å²) < 4.78 is 2.02. The molecule has 0 atom stereocenters. The van der Waals surface area contributed by atoms with E-state index in [0.29, 0.717) is 19.6 Å². The predicted octanol–water partition coefficient (Wildman–Crippen LogP) is 3.62. The van der Waals surface area contributed by atoms with E-state index in [4.69, 9.17) is 5.10 Å². The van der Waals surface area contributed by atoms with Crippen LogP contribution in [-0.4, -0.2) is 37.1 Å². The van der Waals surface area contributed by atoms with Crippen LogP contribution in [0.1, 0.15) is 5.69 Å². The van der Waals surface area contributed by atoms with Gasteiger partial charge in [-0.05, 0) is 41.3 Å². The van der Waals surface area contributed by atoms with Gasteiger partial charge in [-0.1, -0.05) is 18.7 Å². The van der Waals surface area contributed by atoms with Gasteiger partial charge in [-0.3, -0.25) is 14.5 Å². The number of nitrogens with zero attached hydrogens (tertiary/aromatic N) is 4. The molecule has 0 aliphatic carbocycles. The Bertz CT molecular complexity index is 1190. The van der Waals surface area contributed by atoms with Crippen LogP contribution >= 0.6 is 0 Å². The van der Waals surface area contributed by atoms with Crippen molar-refractivity contribution < 1.29 is 4.79 Å². The highest BCUT2D eigenvalue weighted by atomic mass is 16.2. The minimum absolute atomic E-state index is 0.0533. The number of H-pyrrole nitrogens is 1. The number of nitrogens with one attached hydrogen (secondary N) is 1. The van der Waals surface area contributed by atoms with Crippen molar-refractivity contribution in [2.75, 3.05) is 6.54 Å². The zero-order valence-corrected chi connectivity index (χ0v) is 15.3. The van der Waals surface area contributed by atoms with Gasteiger partial charge in [-0.2, -0.15) is 5.10 Å². The van der Waals surface area contributed by atoms with Crippen molar-refractivity contribution >= 4 is 16.8 Å². The second-order valence-electron chi connectivity index (χ2n) is 6.87. The average molecular weight is 369 g/mol. The van der Waals surface area contributed by atoms with Crippen molar-refractivity contribution in [2.45, 2.75) is 13.1 Å². The maximum absolute atomic E-state index is 12.2. The Morgan fingerprint density at radius 2 is 1.96 bits per heavy atom. The maximum Gasteiger partial charge on any atom is 0.246 e. The van der Waals surface area contributed by atoms with E-state index in [9.17, 15) is 4.79 Å². The highest BCUT2D eigenvalue weighted by Crippen LogP contribution is 2.37. The summed E-state index contributed by atoms with van der Waals surface area (Å²) >= 11 is 0. The van der Waals surface area contributed by atoms with Gasteiger partial charge in [0.2, 0.25) is 5.91 Å². The number of carbonyl (C=O) groups excluding carboxylic acids is 1. The van der Waals surface area contributed by atoms with Crippen LogP contribution in [0, 0.1) is 0 Å². The standard InChI is InChI=1S/C22H19N5O/c1-2-20(28)26-11-12-27-19(14-26)21(16-5-8-23-9-6-16)22(25-27)17-4-3-15-7-10-24-18(15)13-17/h2-10,13,24H,1,11-12,14H2. The molecule has 0 spiro atoms. The first kappa shape index (κ1) is 16.5. The van der Waals surface area contributed by atoms with Gasteiger partial charge in [0.05, 0.1) is 18.8 Å². The van der Waals surface area contributed by atoms with Crippen molar-refractivity contribution in [1.29, 1.82) is 0 Å². The third kappa shape index (κ3) is 2.62. The second kappa shape index (κ2) is 6.49. The van der Waals surface area contributed by atoms with Gasteiger partial charge >= 0.3 is 0 Å². The lowest BCUT2D eigenvalue weighted by atomic mass is 9.98. The molecular weight excluding hydrogens is 350 g/mol. The maximum atomic E-state index is 12.2. The molecule has 28 heavy (non-hydrogen) atoms. The highest BCUT2D eigenvalue weighted by molar-refractivity contribution is 5.90. The Balaban J connectivity index is 1.70. The van der Waals surface area contributed by atoms with Crippen LogP contribution in [0.4, 0.5) is 0 Å². The Kier molecular flexibility index (Phi) is 3.83. The van der Waals surface area contributed by atoms with E-state index in [2.05, 4.69) is 40.8 Å². The number of rotatable bonds is 3. The smallest absolute Gasteiger partial charge is 0.246 e. The summed E-state index contributed by atoms with van der Waals surface area (Å²) in [5.41, 5.74) is 6.18. The monoisotopic (exact) mass is 369 g/mol. The van der Waals surface area contributed by atoms with Crippen molar-refractivity contribution in [3.05, 3.63) is 73.3 Å². The zero-order valence-electron chi connectivity index (χ0n) is 15.3. The molecule has 1 amide bonds. The summed E-state index contributed by atoms with van der Waals surface area (Å²) in [6.07, 6.45) is 6.88. The fourth-order valence-corrected chi connectivity index (χ4v) is 3.85. The van der Waals surface area contributed by atoms with Gasteiger partial charge in [0.1, 0.15) is 5.69 Å². The Labute approximate surface area is 162 Å². The van der Waals surface area contributed by atoms with Crippen LogP contribution in [-0.2, 0) is 17.9 Å². The second-order valence-corrected chi connectivity index (χ2v) is 6.87. The van der Waals surface area contributed by atoms with Gasteiger partial charge in [-0.15, -0.1) is 0 Å². The van der Waals surface area contributed by atoms with Crippen LogP contribution in [0.15, 0.2) is 67.6 Å². The fraction of sp³-hybridized carbons (Fsp3) is 0.136. The first-order valence-corrected chi connectivity index (χ1v) is 9.23. The molecule has 0 saturated carbocycles. The zero-order chi connectivity index (χ0) is 19.1. The molecule has 0 bridgehead atoms. The molecular formula is C22H19N5O. The van der Waals surface area contributed by atoms with Crippen LogP contribution < -0.4 is 0 Å². The fourth-order valence-electron chi connectivity index (χ4n) is 3.85. The van der Waals surface area contributed by atoms with E-state index in [1.165, 1.54) is 11.5 Å². The largest absolute Gasteiger partial charge is 0.361 e. The minimum atomic E-state index is -0.0533. The molecule has 1 aliphatic heterocycles. The van der Waals surface area contributed by atoms with E-state index in [1.54, 1.807) is 12.4 Å². The van der Waals surface area contributed by atoms with Crippen LogP contribution in [0.3, 0.4) is 0 Å². The molecule has 1 aliphatic rings. The first-order valence-electron chi connectivity index (χ1n) is 9.23. The molecule has 6 heteroatoms. The molecule has 0 fully saturated rings. The van der Waals surface area contributed by atoms with Gasteiger partial charge < -0.3 is 9.88 Å². The van der Waals surface area contributed by atoms with Gasteiger partial charge in [0.15, 0.2) is 0 Å². The summed E-state index contributed by atoms with van der Waals surface area (Å²) in [5.74, 6) is -0.0533. The molecule has 0 saturated heterocycles. The molecule has 138 valence electrons. The third-order valence-electron chi connectivity index (χ3n) is 5.26. The van der Waals surface area contributed by atoms with Crippen LogP contribution in [0.2, 0.25) is 0 Å². The number of pyridine rings is 1. The normalized spacial score (nSPS) is 13.5. The van der Waals surface area contributed by atoms with Crippen LogP contribution in [0.5, 0.6) is 0 Å². The van der Waals surface area contributed by atoms with Crippen molar-refractivity contribution in [1.82, 2.24) is 24.6 Å². The number of fused-ring (bicyclic) bond motifs is 2.